The molecular formula is C19H19NO4S. The molecule has 0 heterocycles. The Morgan fingerprint density at radius 3 is 2.56 bits per heavy atom. The Morgan fingerprint density at radius 2 is 1.88 bits per heavy atom. The number of carboxylic acid groups (broad SMARTS) is 1. The second-order valence-corrected chi connectivity index (χ2v) is 6.94. The van der Waals surface area contributed by atoms with E-state index in [4.69, 9.17) is 9.84 Å². The number of amides is 1. The molecule has 0 unspecified atom stereocenters. The topological polar surface area (TPSA) is 75.6 Å². The third kappa shape index (κ3) is 4.76. The van der Waals surface area contributed by atoms with Crippen molar-refractivity contribution in [1.29, 1.82) is 0 Å². The van der Waals surface area contributed by atoms with Gasteiger partial charge in [0.2, 0.25) is 0 Å². The van der Waals surface area contributed by atoms with Gasteiger partial charge in [-0.05, 0) is 29.8 Å². The molecule has 1 amide bonds. The summed E-state index contributed by atoms with van der Waals surface area (Å²) < 4.78 is 5.89. The maximum atomic E-state index is 12.6. The minimum atomic E-state index is -0.830. The van der Waals surface area contributed by atoms with Gasteiger partial charge in [-0.3, -0.25) is 9.59 Å². The number of hydrogen-bond donors (Lipinski definition) is 2. The average Bonchev–Trinajstić information content (AvgIpc) is 3.37. The van der Waals surface area contributed by atoms with Crippen LogP contribution in [-0.2, 0) is 15.3 Å². The molecule has 1 aliphatic rings. The van der Waals surface area contributed by atoms with Crippen LogP contribution < -0.4 is 10.1 Å². The van der Waals surface area contributed by atoms with E-state index in [1.807, 2.05) is 54.6 Å². The van der Waals surface area contributed by atoms with Crippen molar-refractivity contribution in [2.75, 3.05) is 11.1 Å². The zero-order chi connectivity index (χ0) is 17.7. The monoisotopic (exact) mass is 357 g/mol. The first-order valence-electron chi connectivity index (χ1n) is 8.01. The maximum absolute atomic E-state index is 12.6. The minimum Gasteiger partial charge on any atom is -0.481 e. The largest absolute Gasteiger partial charge is 0.481 e. The van der Waals surface area contributed by atoms with E-state index >= 15 is 0 Å². The van der Waals surface area contributed by atoms with E-state index in [1.54, 1.807) is 0 Å². The molecule has 2 N–H and O–H groups in total. The number of anilines is 1. The lowest BCUT2D eigenvalue weighted by molar-refractivity contribution is -0.134. The van der Waals surface area contributed by atoms with Gasteiger partial charge in [0.1, 0.15) is 5.75 Å². The predicted octanol–water partition coefficient (Wildman–Crippen LogP) is 3.55. The molecule has 130 valence electrons. The number of thioether (sulfide) groups is 1. The Labute approximate surface area is 150 Å². The van der Waals surface area contributed by atoms with Crippen LogP contribution in [0.1, 0.15) is 18.4 Å². The number of hydrogen-bond acceptors (Lipinski definition) is 4. The standard InChI is InChI=1S/C19H19NO4S/c21-17(22)13-25-12-14-5-4-6-15(11-14)20-18(23)19(9-10-19)24-16-7-2-1-3-8-16/h1-8,11H,9-10,12-13H2,(H,20,23)(H,21,22). The van der Waals surface area contributed by atoms with Gasteiger partial charge in [0.15, 0.2) is 5.60 Å². The third-order valence-corrected chi connectivity index (χ3v) is 4.84. The van der Waals surface area contributed by atoms with Gasteiger partial charge in [0.05, 0.1) is 5.75 Å². The first kappa shape index (κ1) is 17.4. The molecule has 0 radical (unpaired) electrons. The first-order chi connectivity index (χ1) is 12.1. The Morgan fingerprint density at radius 1 is 1.12 bits per heavy atom. The number of carboxylic acids is 1. The lowest BCUT2D eigenvalue weighted by Crippen LogP contribution is -2.35. The summed E-state index contributed by atoms with van der Waals surface area (Å²) in [5, 5.41) is 11.6. The number of para-hydroxylation sites is 1. The van der Waals surface area contributed by atoms with Crippen molar-refractivity contribution in [2.45, 2.75) is 24.2 Å². The van der Waals surface area contributed by atoms with Gasteiger partial charge < -0.3 is 15.2 Å². The summed E-state index contributed by atoms with van der Waals surface area (Å²) in [4.78, 5) is 23.2. The lowest BCUT2D eigenvalue weighted by atomic mass is 10.2. The lowest BCUT2D eigenvalue weighted by Gasteiger charge is -2.18. The summed E-state index contributed by atoms with van der Waals surface area (Å²) in [5.41, 5.74) is 0.884. The molecule has 0 aromatic heterocycles. The van der Waals surface area contributed by atoms with Crippen LogP contribution in [0.3, 0.4) is 0 Å². The molecule has 3 rings (SSSR count). The van der Waals surface area contributed by atoms with E-state index in [0.717, 1.165) is 5.56 Å². The van der Waals surface area contributed by atoms with Gasteiger partial charge in [-0.15, -0.1) is 11.8 Å². The summed E-state index contributed by atoms with van der Waals surface area (Å²) in [5.74, 6) is 0.357. The van der Waals surface area contributed by atoms with E-state index < -0.39 is 11.6 Å². The summed E-state index contributed by atoms with van der Waals surface area (Å²) in [6, 6.07) is 16.8. The van der Waals surface area contributed by atoms with Gasteiger partial charge in [-0.2, -0.15) is 0 Å². The van der Waals surface area contributed by atoms with Crippen molar-refractivity contribution in [3.8, 4) is 5.75 Å². The summed E-state index contributed by atoms with van der Waals surface area (Å²) >= 11 is 1.32. The van der Waals surface area contributed by atoms with Crippen molar-refractivity contribution in [3.63, 3.8) is 0 Å². The zero-order valence-electron chi connectivity index (χ0n) is 13.6. The predicted molar refractivity (Wildman–Crippen MR) is 97.9 cm³/mol. The minimum absolute atomic E-state index is 0.0601. The van der Waals surface area contributed by atoms with Gasteiger partial charge >= 0.3 is 5.97 Å². The SMILES string of the molecule is O=C(O)CSCc1cccc(NC(=O)C2(Oc3ccccc3)CC2)c1. The Bertz CT molecular complexity index is 759. The van der Waals surface area contributed by atoms with Gasteiger partial charge in [0.25, 0.3) is 5.91 Å². The van der Waals surface area contributed by atoms with Gasteiger partial charge in [0, 0.05) is 24.3 Å². The fraction of sp³-hybridized carbons (Fsp3) is 0.263. The third-order valence-electron chi connectivity index (χ3n) is 3.85. The van der Waals surface area contributed by atoms with E-state index in [9.17, 15) is 9.59 Å². The van der Waals surface area contributed by atoms with Crippen molar-refractivity contribution in [2.24, 2.45) is 0 Å². The highest BCUT2D eigenvalue weighted by Gasteiger charge is 2.53. The van der Waals surface area contributed by atoms with Crippen LogP contribution >= 0.6 is 11.8 Å². The highest BCUT2D eigenvalue weighted by Crippen LogP contribution is 2.41. The second-order valence-electron chi connectivity index (χ2n) is 5.95. The number of carbonyl (C=O) groups excluding carboxylic acids is 1. The van der Waals surface area contributed by atoms with Crippen molar-refractivity contribution in [1.82, 2.24) is 0 Å². The molecule has 2 aromatic carbocycles. The Balaban J connectivity index is 1.60. The van der Waals surface area contributed by atoms with Crippen molar-refractivity contribution < 1.29 is 19.4 Å². The van der Waals surface area contributed by atoms with Crippen molar-refractivity contribution >= 4 is 29.3 Å². The van der Waals surface area contributed by atoms with Crippen LogP contribution in [0.4, 0.5) is 5.69 Å². The smallest absolute Gasteiger partial charge is 0.313 e. The first-order valence-corrected chi connectivity index (χ1v) is 9.17. The molecule has 1 aliphatic carbocycles. The number of rotatable bonds is 8. The molecule has 0 saturated heterocycles. The molecular weight excluding hydrogens is 338 g/mol. The van der Waals surface area contributed by atoms with E-state index in [-0.39, 0.29) is 11.7 Å². The van der Waals surface area contributed by atoms with Crippen LogP contribution in [0.15, 0.2) is 54.6 Å². The van der Waals surface area contributed by atoms with Crippen LogP contribution in [0.25, 0.3) is 0 Å². The number of benzene rings is 2. The quantitative estimate of drug-likeness (QED) is 0.756. The highest BCUT2D eigenvalue weighted by molar-refractivity contribution is 7.99. The average molecular weight is 357 g/mol. The molecule has 0 atom stereocenters. The van der Waals surface area contributed by atoms with Crippen molar-refractivity contribution in [3.05, 3.63) is 60.2 Å². The molecule has 0 spiro atoms. The fourth-order valence-electron chi connectivity index (χ4n) is 2.44. The van der Waals surface area contributed by atoms with Gasteiger partial charge in [-0.1, -0.05) is 30.3 Å². The maximum Gasteiger partial charge on any atom is 0.313 e. The fourth-order valence-corrected chi connectivity index (χ4v) is 3.14. The number of carbonyl (C=O) groups is 2. The highest BCUT2D eigenvalue weighted by atomic mass is 32.2. The Kier molecular flexibility index (Phi) is 5.28. The molecule has 25 heavy (non-hydrogen) atoms. The van der Waals surface area contributed by atoms with Crippen LogP contribution in [0.5, 0.6) is 5.75 Å². The molecule has 5 nitrogen and oxygen atoms in total. The summed E-state index contributed by atoms with van der Waals surface area (Å²) in [6.45, 7) is 0. The summed E-state index contributed by atoms with van der Waals surface area (Å²) in [7, 11) is 0. The number of nitrogens with one attached hydrogen (secondary N) is 1. The second kappa shape index (κ2) is 7.61. The molecule has 6 heteroatoms. The normalized spacial score (nSPS) is 14.6. The van der Waals surface area contributed by atoms with E-state index in [0.29, 0.717) is 30.0 Å². The molecule has 1 fully saturated rings. The molecule has 2 aromatic rings. The van der Waals surface area contributed by atoms with Crippen LogP contribution in [-0.4, -0.2) is 28.3 Å². The Hall–Kier alpha value is -2.47. The molecule has 0 aliphatic heterocycles. The van der Waals surface area contributed by atoms with Gasteiger partial charge in [-0.25, -0.2) is 0 Å². The van der Waals surface area contributed by atoms with Crippen LogP contribution in [0.2, 0.25) is 0 Å². The molecule has 1 saturated carbocycles. The summed E-state index contributed by atoms with van der Waals surface area (Å²) in [6.07, 6.45) is 1.39. The number of ether oxygens (including phenoxy) is 1. The molecule has 0 bridgehead atoms. The van der Waals surface area contributed by atoms with E-state index in [1.165, 1.54) is 11.8 Å². The number of aliphatic carboxylic acids is 1. The zero-order valence-corrected chi connectivity index (χ0v) is 14.4. The van der Waals surface area contributed by atoms with Crippen LogP contribution in [0, 0.1) is 0 Å². The van der Waals surface area contributed by atoms with E-state index in [2.05, 4.69) is 5.32 Å².